The van der Waals surface area contributed by atoms with E-state index in [2.05, 4.69) is 37.4 Å². The van der Waals surface area contributed by atoms with E-state index < -0.39 is 0 Å². The first-order chi connectivity index (χ1) is 12.6. The number of hydrogen-bond donors (Lipinski definition) is 1. The number of benzene rings is 1. The van der Waals surface area contributed by atoms with E-state index in [1.54, 1.807) is 13.4 Å². The van der Waals surface area contributed by atoms with E-state index in [0.29, 0.717) is 12.0 Å². The highest BCUT2D eigenvalue weighted by molar-refractivity contribution is 5.40. The highest BCUT2D eigenvalue weighted by Crippen LogP contribution is 2.45. The molecule has 142 valence electrons. The third-order valence-corrected chi connectivity index (χ3v) is 5.59. The summed E-state index contributed by atoms with van der Waals surface area (Å²) < 4.78 is 17.2. The number of methoxy groups -OCH3 is 1. The van der Waals surface area contributed by atoms with Crippen LogP contribution in [0, 0.1) is 5.92 Å². The van der Waals surface area contributed by atoms with Gasteiger partial charge in [-0.05, 0) is 49.9 Å². The smallest absolute Gasteiger partial charge is 0.122 e. The Bertz CT molecular complexity index is 668. The van der Waals surface area contributed by atoms with Crippen LogP contribution in [0.2, 0.25) is 0 Å². The molecule has 0 aliphatic carbocycles. The molecule has 1 N–H and O–H groups in total. The SMILES string of the molecule is COc1ccccc1[C@]1(CCNCc2ccco2)CCO[C@@H](C(C)C)C1. The van der Waals surface area contributed by atoms with Gasteiger partial charge in [-0.25, -0.2) is 0 Å². The predicted molar refractivity (Wildman–Crippen MR) is 104 cm³/mol. The van der Waals surface area contributed by atoms with Crippen molar-refractivity contribution in [3.8, 4) is 5.75 Å². The van der Waals surface area contributed by atoms with Crippen LogP contribution in [-0.4, -0.2) is 26.4 Å². The van der Waals surface area contributed by atoms with Crippen LogP contribution in [0.25, 0.3) is 0 Å². The zero-order valence-electron chi connectivity index (χ0n) is 16.2. The molecule has 3 rings (SSSR count). The maximum absolute atomic E-state index is 6.08. The normalized spacial score (nSPS) is 23.3. The maximum atomic E-state index is 6.08. The highest BCUT2D eigenvalue weighted by Gasteiger charge is 2.40. The van der Waals surface area contributed by atoms with Crippen molar-refractivity contribution in [3.63, 3.8) is 0 Å². The van der Waals surface area contributed by atoms with Gasteiger partial charge in [-0.15, -0.1) is 0 Å². The number of para-hydroxylation sites is 1. The summed E-state index contributed by atoms with van der Waals surface area (Å²) in [5.41, 5.74) is 1.40. The van der Waals surface area contributed by atoms with Crippen molar-refractivity contribution in [2.24, 2.45) is 5.92 Å². The third-order valence-electron chi connectivity index (χ3n) is 5.59. The second-order valence-corrected chi connectivity index (χ2v) is 7.59. The summed E-state index contributed by atoms with van der Waals surface area (Å²) in [5.74, 6) is 2.48. The number of hydrogen-bond acceptors (Lipinski definition) is 4. The van der Waals surface area contributed by atoms with Crippen LogP contribution in [0.3, 0.4) is 0 Å². The van der Waals surface area contributed by atoms with Gasteiger partial charge in [0.25, 0.3) is 0 Å². The maximum Gasteiger partial charge on any atom is 0.122 e. The van der Waals surface area contributed by atoms with E-state index in [4.69, 9.17) is 13.9 Å². The van der Waals surface area contributed by atoms with Crippen LogP contribution in [0.1, 0.15) is 44.4 Å². The van der Waals surface area contributed by atoms with Gasteiger partial charge in [0.15, 0.2) is 0 Å². The topological polar surface area (TPSA) is 43.6 Å². The molecule has 0 unspecified atom stereocenters. The Morgan fingerprint density at radius 1 is 1.23 bits per heavy atom. The Morgan fingerprint density at radius 3 is 2.81 bits per heavy atom. The Hall–Kier alpha value is -1.78. The molecule has 0 saturated carbocycles. The molecule has 2 atom stereocenters. The van der Waals surface area contributed by atoms with E-state index in [1.165, 1.54) is 5.56 Å². The monoisotopic (exact) mass is 357 g/mol. The van der Waals surface area contributed by atoms with Crippen molar-refractivity contribution < 1.29 is 13.9 Å². The molecule has 0 bridgehead atoms. The first-order valence-electron chi connectivity index (χ1n) is 9.63. The quantitative estimate of drug-likeness (QED) is 0.705. The highest BCUT2D eigenvalue weighted by atomic mass is 16.5. The molecule has 0 radical (unpaired) electrons. The Morgan fingerprint density at radius 2 is 2.08 bits per heavy atom. The molecule has 1 fully saturated rings. The first kappa shape index (κ1) is 19.0. The summed E-state index contributed by atoms with van der Waals surface area (Å²) in [6.45, 7) is 7.00. The molecule has 1 aromatic carbocycles. The number of furan rings is 1. The lowest BCUT2D eigenvalue weighted by Crippen LogP contribution is -2.42. The zero-order chi connectivity index (χ0) is 18.4. The van der Waals surface area contributed by atoms with Gasteiger partial charge in [0.05, 0.1) is 26.0 Å². The Kier molecular flexibility index (Phi) is 6.38. The lowest BCUT2D eigenvalue weighted by Gasteiger charge is -2.43. The molecule has 4 heteroatoms. The van der Waals surface area contributed by atoms with E-state index in [9.17, 15) is 0 Å². The standard InChI is InChI=1S/C22H31NO3/c1-17(2)21-15-22(11-14-26-21,19-8-4-5-9-20(19)24-3)10-12-23-16-18-7-6-13-25-18/h4-9,13,17,21,23H,10-12,14-16H2,1-3H3/t21-,22-/m1/s1. The number of ether oxygens (including phenoxy) is 2. The minimum absolute atomic E-state index is 0.0793. The molecule has 26 heavy (non-hydrogen) atoms. The van der Waals surface area contributed by atoms with Crippen molar-refractivity contribution in [2.45, 2.75) is 51.2 Å². The van der Waals surface area contributed by atoms with Gasteiger partial charge >= 0.3 is 0 Å². The first-order valence-corrected chi connectivity index (χ1v) is 9.63. The molecule has 2 heterocycles. The van der Waals surface area contributed by atoms with E-state index in [-0.39, 0.29) is 5.41 Å². The minimum atomic E-state index is 0.0793. The van der Waals surface area contributed by atoms with Crippen LogP contribution in [0.4, 0.5) is 0 Å². The lowest BCUT2D eigenvalue weighted by molar-refractivity contribution is -0.0473. The summed E-state index contributed by atoms with van der Waals surface area (Å²) in [6.07, 6.45) is 5.13. The molecule has 1 saturated heterocycles. The minimum Gasteiger partial charge on any atom is -0.496 e. The summed E-state index contributed by atoms with van der Waals surface area (Å²) in [7, 11) is 1.76. The van der Waals surface area contributed by atoms with Gasteiger partial charge in [0.2, 0.25) is 0 Å². The fourth-order valence-electron chi connectivity index (χ4n) is 4.02. The fourth-order valence-corrected chi connectivity index (χ4v) is 4.02. The summed E-state index contributed by atoms with van der Waals surface area (Å²) >= 11 is 0. The molecule has 0 amide bonds. The fraction of sp³-hybridized carbons (Fsp3) is 0.545. The third kappa shape index (κ3) is 4.30. The van der Waals surface area contributed by atoms with Gasteiger partial charge in [0.1, 0.15) is 11.5 Å². The van der Waals surface area contributed by atoms with Crippen LogP contribution in [0.5, 0.6) is 5.75 Å². The molecule has 4 nitrogen and oxygen atoms in total. The van der Waals surface area contributed by atoms with Crippen LogP contribution >= 0.6 is 0 Å². The summed E-state index contributed by atoms with van der Waals surface area (Å²) in [5, 5.41) is 3.54. The Balaban J connectivity index is 1.77. The van der Waals surface area contributed by atoms with Crippen LogP contribution < -0.4 is 10.1 Å². The van der Waals surface area contributed by atoms with E-state index in [0.717, 1.165) is 50.5 Å². The van der Waals surface area contributed by atoms with Crippen molar-refractivity contribution in [3.05, 3.63) is 54.0 Å². The van der Waals surface area contributed by atoms with Gasteiger partial charge in [-0.1, -0.05) is 32.0 Å². The van der Waals surface area contributed by atoms with Crippen LogP contribution in [0.15, 0.2) is 47.1 Å². The van der Waals surface area contributed by atoms with Gasteiger partial charge in [-0.2, -0.15) is 0 Å². The molecule has 1 aliphatic heterocycles. The molecule has 0 spiro atoms. The number of rotatable bonds is 8. The van der Waals surface area contributed by atoms with Crippen molar-refractivity contribution >= 4 is 0 Å². The second kappa shape index (κ2) is 8.74. The summed E-state index contributed by atoms with van der Waals surface area (Å²) in [6, 6.07) is 12.4. The molecular weight excluding hydrogens is 326 g/mol. The van der Waals surface area contributed by atoms with Gasteiger partial charge in [-0.3, -0.25) is 0 Å². The number of nitrogens with one attached hydrogen (secondary N) is 1. The largest absolute Gasteiger partial charge is 0.496 e. The van der Waals surface area contributed by atoms with Crippen LogP contribution in [-0.2, 0) is 16.7 Å². The molecule has 1 aliphatic rings. The average Bonchev–Trinajstić information content (AvgIpc) is 3.19. The second-order valence-electron chi connectivity index (χ2n) is 7.59. The van der Waals surface area contributed by atoms with Gasteiger partial charge in [0, 0.05) is 17.6 Å². The van der Waals surface area contributed by atoms with E-state index in [1.807, 2.05) is 18.2 Å². The van der Waals surface area contributed by atoms with Crippen molar-refractivity contribution in [2.75, 3.05) is 20.3 Å². The van der Waals surface area contributed by atoms with E-state index >= 15 is 0 Å². The van der Waals surface area contributed by atoms with Gasteiger partial charge < -0.3 is 19.2 Å². The lowest BCUT2D eigenvalue weighted by atomic mass is 9.68. The Labute approximate surface area is 156 Å². The predicted octanol–water partition coefficient (Wildman–Crippen LogP) is 4.54. The summed E-state index contributed by atoms with van der Waals surface area (Å²) in [4.78, 5) is 0. The average molecular weight is 357 g/mol. The zero-order valence-corrected chi connectivity index (χ0v) is 16.2. The molecule has 2 aromatic rings. The van der Waals surface area contributed by atoms with Crippen molar-refractivity contribution in [1.29, 1.82) is 0 Å². The molecular formula is C22H31NO3. The molecule has 1 aromatic heterocycles. The van der Waals surface area contributed by atoms with Crippen molar-refractivity contribution in [1.82, 2.24) is 5.32 Å².